The number of aromatic nitrogens is 2. The monoisotopic (exact) mass is 267 g/mol. The third-order valence-corrected chi connectivity index (χ3v) is 3.09. The minimum absolute atomic E-state index is 0.386. The Bertz CT molecular complexity index is 514. The average Bonchev–Trinajstić information content (AvgIpc) is 2.39. The number of fused-ring (bicyclic) bond motifs is 1. The standard InChI is InChI=1S/C12H17N3O4/c1-2-3-4-9(11(16)17)15-10-8(5-6-19-15)7-13-12(18)14-10/h7,9H,2-6H2,1H3,(H,16,17)(H,13,14,18). The molecular weight excluding hydrogens is 250 g/mol. The Hall–Kier alpha value is -1.89. The Kier molecular flexibility index (Phi) is 4.16. The maximum absolute atomic E-state index is 11.4. The molecular formula is C12H17N3O4. The Morgan fingerprint density at radius 3 is 3.16 bits per heavy atom. The van der Waals surface area contributed by atoms with Crippen molar-refractivity contribution in [3.05, 3.63) is 22.2 Å². The first-order valence-electron chi connectivity index (χ1n) is 6.36. The third kappa shape index (κ3) is 2.93. The predicted molar refractivity (Wildman–Crippen MR) is 67.9 cm³/mol. The van der Waals surface area contributed by atoms with Gasteiger partial charge >= 0.3 is 11.7 Å². The molecule has 19 heavy (non-hydrogen) atoms. The minimum atomic E-state index is -0.959. The number of unbranched alkanes of at least 4 members (excludes halogenated alkanes) is 1. The van der Waals surface area contributed by atoms with Gasteiger partial charge in [-0.25, -0.2) is 19.6 Å². The first-order valence-corrected chi connectivity index (χ1v) is 6.36. The Labute approximate surface area is 110 Å². The van der Waals surface area contributed by atoms with E-state index in [0.717, 1.165) is 18.4 Å². The van der Waals surface area contributed by atoms with Gasteiger partial charge in [-0.1, -0.05) is 19.8 Å². The summed E-state index contributed by atoms with van der Waals surface area (Å²) in [6.45, 7) is 2.38. The van der Waals surface area contributed by atoms with E-state index in [2.05, 4.69) is 9.97 Å². The van der Waals surface area contributed by atoms with Crippen molar-refractivity contribution in [3.63, 3.8) is 0 Å². The molecule has 0 saturated carbocycles. The summed E-state index contributed by atoms with van der Waals surface area (Å²) in [5.74, 6) is -0.547. The lowest BCUT2D eigenvalue weighted by Gasteiger charge is -2.33. The fraction of sp³-hybridized carbons (Fsp3) is 0.583. The highest BCUT2D eigenvalue weighted by Crippen LogP contribution is 2.25. The van der Waals surface area contributed by atoms with Gasteiger partial charge in [-0.3, -0.25) is 9.82 Å². The quantitative estimate of drug-likeness (QED) is 0.815. The van der Waals surface area contributed by atoms with Gasteiger partial charge in [0, 0.05) is 18.2 Å². The van der Waals surface area contributed by atoms with Crippen LogP contribution in [0.1, 0.15) is 31.7 Å². The molecule has 0 saturated heterocycles. The van der Waals surface area contributed by atoms with Crippen molar-refractivity contribution in [2.45, 2.75) is 38.6 Å². The van der Waals surface area contributed by atoms with Crippen LogP contribution in [0.4, 0.5) is 5.82 Å². The molecule has 1 aliphatic rings. The highest BCUT2D eigenvalue weighted by atomic mass is 16.7. The van der Waals surface area contributed by atoms with Crippen molar-refractivity contribution in [2.75, 3.05) is 11.7 Å². The van der Waals surface area contributed by atoms with Crippen LogP contribution >= 0.6 is 0 Å². The number of H-pyrrole nitrogens is 1. The zero-order valence-corrected chi connectivity index (χ0v) is 10.8. The summed E-state index contributed by atoms with van der Waals surface area (Å²) in [5.41, 5.74) is 0.294. The maximum atomic E-state index is 11.4. The van der Waals surface area contributed by atoms with E-state index in [4.69, 9.17) is 4.84 Å². The van der Waals surface area contributed by atoms with Crippen LogP contribution < -0.4 is 10.8 Å². The minimum Gasteiger partial charge on any atom is -0.480 e. The summed E-state index contributed by atoms with van der Waals surface area (Å²) in [6.07, 6.45) is 4.23. The van der Waals surface area contributed by atoms with Crippen molar-refractivity contribution in [1.29, 1.82) is 0 Å². The molecule has 0 fully saturated rings. The van der Waals surface area contributed by atoms with E-state index in [1.165, 1.54) is 11.3 Å². The SMILES string of the molecule is CCCCC(C(=O)O)N1OCCc2cnc(=O)[nH]c21. The van der Waals surface area contributed by atoms with E-state index >= 15 is 0 Å². The van der Waals surface area contributed by atoms with Crippen molar-refractivity contribution >= 4 is 11.8 Å². The van der Waals surface area contributed by atoms with Crippen LogP contribution in [0.15, 0.2) is 11.0 Å². The second kappa shape index (κ2) is 5.83. The number of anilines is 1. The topological polar surface area (TPSA) is 95.5 Å². The third-order valence-electron chi connectivity index (χ3n) is 3.09. The molecule has 0 radical (unpaired) electrons. The zero-order chi connectivity index (χ0) is 13.8. The fourth-order valence-corrected chi connectivity index (χ4v) is 2.09. The van der Waals surface area contributed by atoms with Gasteiger partial charge in [0.05, 0.1) is 6.61 Å². The summed E-state index contributed by atoms with van der Waals surface area (Å²) in [4.78, 5) is 34.3. The van der Waals surface area contributed by atoms with E-state index in [9.17, 15) is 14.7 Å². The molecule has 0 aliphatic carbocycles. The van der Waals surface area contributed by atoms with Gasteiger partial charge < -0.3 is 5.11 Å². The van der Waals surface area contributed by atoms with Gasteiger partial charge in [0.15, 0.2) is 6.04 Å². The number of nitrogens with zero attached hydrogens (tertiary/aromatic N) is 2. The molecule has 104 valence electrons. The number of hydrogen-bond acceptors (Lipinski definition) is 5. The number of carboxylic acids is 1. The Morgan fingerprint density at radius 1 is 1.68 bits per heavy atom. The van der Waals surface area contributed by atoms with Crippen LogP contribution in [0.2, 0.25) is 0 Å². The summed E-state index contributed by atoms with van der Waals surface area (Å²) in [7, 11) is 0. The van der Waals surface area contributed by atoms with Crippen LogP contribution in [0, 0.1) is 0 Å². The fourth-order valence-electron chi connectivity index (χ4n) is 2.09. The van der Waals surface area contributed by atoms with Crippen molar-refractivity contribution in [3.8, 4) is 0 Å². The Morgan fingerprint density at radius 2 is 2.47 bits per heavy atom. The molecule has 7 heteroatoms. The molecule has 1 atom stereocenters. The zero-order valence-electron chi connectivity index (χ0n) is 10.8. The molecule has 2 rings (SSSR count). The molecule has 2 N–H and O–H groups in total. The van der Waals surface area contributed by atoms with Crippen LogP contribution in [0.25, 0.3) is 0 Å². The summed E-state index contributed by atoms with van der Waals surface area (Å²) >= 11 is 0. The maximum Gasteiger partial charge on any atom is 0.346 e. The van der Waals surface area contributed by atoms with Gasteiger partial charge in [0.2, 0.25) is 0 Å². The molecule has 0 aromatic carbocycles. The lowest BCUT2D eigenvalue weighted by Crippen LogP contribution is -2.45. The van der Waals surface area contributed by atoms with Gasteiger partial charge in [0.25, 0.3) is 0 Å². The van der Waals surface area contributed by atoms with Crippen LogP contribution in [0.3, 0.4) is 0 Å². The predicted octanol–water partition coefficient (Wildman–Crippen LogP) is 0.707. The van der Waals surface area contributed by atoms with Gasteiger partial charge in [-0.15, -0.1) is 0 Å². The second-order valence-electron chi connectivity index (χ2n) is 4.47. The number of aliphatic carboxylic acids is 1. The molecule has 7 nitrogen and oxygen atoms in total. The van der Waals surface area contributed by atoms with Crippen molar-refractivity contribution < 1.29 is 14.7 Å². The van der Waals surface area contributed by atoms with E-state index in [1.54, 1.807) is 0 Å². The number of aromatic amines is 1. The first kappa shape index (κ1) is 13.5. The van der Waals surface area contributed by atoms with E-state index in [0.29, 0.717) is 25.3 Å². The van der Waals surface area contributed by atoms with Crippen molar-refractivity contribution in [2.24, 2.45) is 0 Å². The number of nitrogens with one attached hydrogen (secondary N) is 1. The lowest BCUT2D eigenvalue weighted by molar-refractivity contribution is -0.141. The van der Waals surface area contributed by atoms with Crippen LogP contribution in [0.5, 0.6) is 0 Å². The second-order valence-corrected chi connectivity index (χ2v) is 4.47. The molecule has 1 aromatic rings. The first-order chi connectivity index (χ1) is 9.13. The van der Waals surface area contributed by atoms with E-state index in [1.807, 2.05) is 6.92 Å². The van der Waals surface area contributed by atoms with Crippen LogP contribution in [-0.2, 0) is 16.1 Å². The summed E-state index contributed by atoms with van der Waals surface area (Å²) < 4.78 is 0. The largest absolute Gasteiger partial charge is 0.480 e. The van der Waals surface area contributed by atoms with E-state index in [-0.39, 0.29) is 0 Å². The molecule has 1 aliphatic heterocycles. The van der Waals surface area contributed by atoms with Gasteiger partial charge in [-0.05, 0) is 6.42 Å². The summed E-state index contributed by atoms with van der Waals surface area (Å²) in [5, 5.41) is 10.6. The lowest BCUT2D eigenvalue weighted by atomic mass is 10.1. The Balaban J connectivity index is 2.32. The smallest absolute Gasteiger partial charge is 0.346 e. The highest BCUT2D eigenvalue weighted by Gasteiger charge is 2.31. The normalized spacial score (nSPS) is 15.9. The number of hydrogen-bond donors (Lipinski definition) is 2. The van der Waals surface area contributed by atoms with Gasteiger partial charge in [0.1, 0.15) is 5.82 Å². The van der Waals surface area contributed by atoms with Crippen molar-refractivity contribution in [1.82, 2.24) is 9.97 Å². The number of carbonyl (C=O) groups is 1. The van der Waals surface area contributed by atoms with E-state index < -0.39 is 17.7 Å². The van der Waals surface area contributed by atoms with Crippen LogP contribution in [-0.4, -0.2) is 33.7 Å². The molecule has 1 unspecified atom stereocenters. The molecule has 1 aromatic heterocycles. The summed E-state index contributed by atoms with van der Waals surface area (Å²) in [6, 6.07) is -0.794. The molecule has 2 heterocycles. The van der Waals surface area contributed by atoms with Gasteiger partial charge in [-0.2, -0.15) is 0 Å². The molecule has 0 spiro atoms. The number of rotatable bonds is 5. The number of carboxylic acid groups (broad SMARTS) is 1. The average molecular weight is 267 g/mol. The number of hydroxylamine groups is 1. The highest BCUT2D eigenvalue weighted by molar-refractivity contribution is 5.77. The molecule has 0 amide bonds. The molecule has 0 bridgehead atoms.